The van der Waals surface area contributed by atoms with E-state index in [1.807, 2.05) is 6.07 Å². The van der Waals surface area contributed by atoms with E-state index in [-0.39, 0.29) is 11.4 Å². The minimum Gasteiger partial charge on any atom is -0.497 e. The molecule has 0 aliphatic heterocycles. The summed E-state index contributed by atoms with van der Waals surface area (Å²) in [4.78, 5) is 13.0. The quantitative estimate of drug-likeness (QED) is 0.483. The van der Waals surface area contributed by atoms with Crippen LogP contribution in [0.4, 0.5) is 0 Å². The molecule has 100 valence electrons. The zero-order valence-electron chi connectivity index (χ0n) is 10.6. The number of rotatable bonds is 4. The van der Waals surface area contributed by atoms with Crippen molar-refractivity contribution in [2.24, 2.45) is 0 Å². The Morgan fingerprint density at radius 3 is 2.80 bits per heavy atom. The normalized spacial score (nSPS) is 10.9. The zero-order chi connectivity index (χ0) is 14.5. The van der Waals surface area contributed by atoms with Gasteiger partial charge in [0.15, 0.2) is 0 Å². The second-order valence-corrected chi connectivity index (χ2v) is 5.62. The van der Waals surface area contributed by atoms with E-state index in [4.69, 9.17) is 21.6 Å². The number of benzene rings is 1. The minimum absolute atomic E-state index is 0.0665. The third kappa shape index (κ3) is 3.27. The number of carbonyl (C=O) groups excluding carboxylic acids is 1. The Bertz CT molecular complexity index is 713. The van der Waals surface area contributed by atoms with Crippen molar-refractivity contribution in [3.05, 3.63) is 56.7 Å². The fourth-order valence-electron chi connectivity index (χ4n) is 1.62. The van der Waals surface area contributed by atoms with Gasteiger partial charge in [0, 0.05) is 10.4 Å². The number of carbonyl (C=O) groups is 1. The predicted molar refractivity (Wildman–Crippen MR) is 80.2 cm³/mol. The standard InChI is InChI=1S/C15H10ClNO2S/c1-19-12-4-2-3-10(7-12)15(18)11(9-17)8-13-5-6-14(16)20-13/h2-8H,1H3/b11-8+. The number of Topliss-reactive ketones (excluding diaryl/α,β-unsaturated/α-hetero) is 1. The van der Waals surface area contributed by atoms with E-state index >= 15 is 0 Å². The summed E-state index contributed by atoms with van der Waals surface area (Å²) in [6.45, 7) is 0. The van der Waals surface area contributed by atoms with Crippen LogP contribution in [0.1, 0.15) is 15.2 Å². The molecule has 2 rings (SSSR count). The van der Waals surface area contributed by atoms with E-state index < -0.39 is 0 Å². The van der Waals surface area contributed by atoms with Gasteiger partial charge < -0.3 is 4.74 Å². The maximum Gasteiger partial charge on any atom is 0.203 e. The number of hydrogen-bond acceptors (Lipinski definition) is 4. The number of thiophene rings is 1. The molecule has 1 aromatic carbocycles. The van der Waals surface area contributed by atoms with Crippen LogP contribution in [0, 0.1) is 11.3 Å². The van der Waals surface area contributed by atoms with Crippen LogP contribution in [0.3, 0.4) is 0 Å². The first-order valence-electron chi connectivity index (χ1n) is 5.70. The molecule has 0 radical (unpaired) electrons. The van der Waals surface area contributed by atoms with Gasteiger partial charge in [0.25, 0.3) is 0 Å². The summed E-state index contributed by atoms with van der Waals surface area (Å²) < 4.78 is 5.68. The predicted octanol–water partition coefficient (Wildman–Crippen LogP) is 4.20. The topological polar surface area (TPSA) is 50.1 Å². The zero-order valence-corrected chi connectivity index (χ0v) is 12.2. The van der Waals surface area contributed by atoms with Gasteiger partial charge in [-0.05, 0) is 30.3 Å². The highest BCUT2D eigenvalue weighted by Crippen LogP contribution is 2.24. The van der Waals surface area contributed by atoms with Crippen molar-refractivity contribution in [3.63, 3.8) is 0 Å². The molecule has 1 aromatic heterocycles. The average molecular weight is 304 g/mol. The van der Waals surface area contributed by atoms with Gasteiger partial charge in [-0.15, -0.1) is 11.3 Å². The van der Waals surface area contributed by atoms with E-state index in [2.05, 4.69) is 0 Å². The first-order chi connectivity index (χ1) is 9.63. The lowest BCUT2D eigenvalue weighted by molar-refractivity contribution is 0.103. The van der Waals surface area contributed by atoms with E-state index in [0.717, 1.165) is 4.88 Å². The molecule has 0 N–H and O–H groups in total. The van der Waals surface area contributed by atoms with E-state index in [9.17, 15) is 4.79 Å². The molecule has 0 saturated heterocycles. The van der Waals surface area contributed by atoms with Crippen LogP contribution in [-0.4, -0.2) is 12.9 Å². The summed E-state index contributed by atoms with van der Waals surface area (Å²) >= 11 is 7.14. The van der Waals surface area contributed by atoms with Crippen LogP contribution in [0.15, 0.2) is 42.0 Å². The second kappa shape index (κ2) is 6.38. The van der Waals surface area contributed by atoms with Gasteiger partial charge in [-0.3, -0.25) is 4.79 Å². The van der Waals surface area contributed by atoms with Gasteiger partial charge in [-0.1, -0.05) is 23.7 Å². The SMILES string of the molecule is COc1cccc(C(=O)/C(C#N)=C/c2ccc(Cl)s2)c1. The smallest absolute Gasteiger partial charge is 0.203 e. The Balaban J connectivity index is 2.34. The average Bonchev–Trinajstić information content (AvgIpc) is 2.89. The van der Waals surface area contributed by atoms with Crippen molar-refractivity contribution >= 4 is 34.8 Å². The molecule has 0 saturated carbocycles. The van der Waals surface area contributed by atoms with Crippen molar-refractivity contribution < 1.29 is 9.53 Å². The third-order valence-electron chi connectivity index (χ3n) is 2.58. The lowest BCUT2D eigenvalue weighted by Gasteiger charge is -2.02. The van der Waals surface area contributed by atoms with Gasteiger partial charge >= 0.3 is 0 Å². The summed E-state index contributed by atoms with van der Waals surface area (Å²) in [6.07, 6.45) is 1.54. The maximum atomic E-state index is 12.3. The number of hydrogen-bond donors (Lipinski definition) is 0. The fourth-order valence-corrected chi connectivity index (χ4v) is 2.62. The molecule has 0 aliphatic rings. The van der Waals surface area contributed by atoms with Crippen molar-refractivity contribution in [2.45, 2.75) is 0 Å². The van der Waals surface area contributed by atoms with Crippen LogP contribution in [0.2, 0.25) is 4.34 Å². The van der Waals surface area contributed by atoms with Gasteiger partial charge in [0.05, 0.1) is 11.4 Å². The number of ketones is 1. The number of nitriles is 1. The number of allylic oxidation sites excluding steroid dienone is 1. The van der Waals surface area contributed by atoms with Gasteiger partial charge in [0.1, 0.15) is 17.4 Å². The van der Waals surface area contributed by atoms with Gasteiger partial charge in [-0.25, -0.2) is 0 Å². The summed E-state index contributed by atoms with van der Waals surface area (Å²) in [5.74, 6) is 0.239. The van der Waals surface area contributed by atoms with Crippen LogP contribution in [-0.2, 0) is 0 Å². The fraction of sp³-hybridized carbons (Fsp3) is 0.0667. The van der Waals surface area contributed by atoms with E-state index in [1.54, 1.807) is 42.5 Å². The number of methoxy groups -OCH3 is 1. The molecule has 3 nitrogen and oxygen atoms in total. The Morgan fingerprint density at radius 1 is 1.40 bits per heavy atom. The highest BCUT2D eigenvalue weighted by atomic mass is 35.5. The Morgan fingerprint density at radius 2 is 2.20 bits per heavy atom. The molecule has 0 bridgehead atoms. The summed E-state index contributed by atoms with van der Waals surface area (Å²) in [6, 6.07) is 12.1. The lowest BCUT2D eigenvalue weighted by atomic mass is 10.0. The first-order valence-corrected chi connectivity index (χ1v) is 6.89. The molecule has 1 heterocycles. The number of halogens is 1. The Hall–Kier alpha value is -2.09. The van der Waals surface area contributed by atoms with Crippen LogP contribution >= 0.6 is 22.9 Å². The molecule has 5 heteroatoms. The third-order valence-corrected chi connectivity index (χ3v) is 3.76. The van der Waals surface area contributed by atoms with Crippen LogP contribution < -0.4 is 4.74 Å². The van der Waals surface area contributed by atoms with Gasteiger partial charge in [0.2, 0.25) is 5.78 Å². The maximum absolute atomic E-state index is 12.3. The van der Waals surface area contributed by atoms with E-state index in [1.165, 1.54) is 18.4 Å². The number of ether oxygens (including phenoxy) is 1. The first kappa shape index (κ1) is 14.3. The monoisotopic (exact) mass is 303 g/mol. The molecular formula is C15H10ClNO2S. The summed E-state index contributed by atoms with van der Waals surface area (Å²) in [5, 5.41) is 9.15. The van der Waals surface area contributed by atoms with Crippen molar-refractivity contribution in [2.75, 3.05) is 7.11 Å². The highest BCUT2D eigenvalue weighted by molar-refractivity contribution is 7.17. The molecule has 2 aromatic rings. The largest absolute Gasteiger partial charge is 0.497 e. The van der Waals surface area contributed by atoms with Crippen molar-refractivity contribution in [1.82, 2.24) is 0 Å². The van der Waals surface area contributed by atoms with Crippen LogP contribution in [0.25, 0.3) is 6.08 Å². The van der Waals surface area contributed by atoms with Gasteiger partial charge in [-0.2, -0.15) is 5.26 Å². The molecular weight excluding hydrogens is 294 g/mol. The Kier molecular flexibility index (Phi) is 4.57. The molecule has 0 fully saturated rings. The lowest BCUT2D eigenvalue weighted by Crippen LogP contribution is -2.02. The molecule has 0 spiro atoms. The summed E-state index contributed by atoms with van der Waals surface area (Å²) in [5.41, 5.74) is 0.483. The molecule has 0 amide bonds. The molecule has 0 atom stereocenters. The van der Waals surface area contributed by atoms with E-state index in [0.29, 0.717) is 15.6 Å². The minimum atomic E-state index is -0.337. The molecule has 0 aliphatic carbocycles. The number of nitrogens with zero attached hydrogens (tertiary/aromatic N) is 1. The molecule has 0 unspecified atom stereocenters. The summed E-state index contributed by atoms with van der Waals surface area (Å²) in [7, 11) is 1.53. The van der Waals surface area contributed by atoms with Crippen molar-refractivity contribution in [1.29, 1.82) is 5.26 Å². The molecule has 20 heavy (non-hydrogen) atoms. The second-order valence-electron chi connectivity index (χ2n) is 3.87. The Labute approximate surface area is 125 Å². The van der Waals surface area contributed by atoms with Crippen molar-refractivity contribution in [3.8, 4) is 11.8 Å². The highest BCUT2D eigenvalue weighted by Gasteiger charge is 2.13. The van der Waals surface area contributed by atoms with Crippen LogP contribution in [0.5, 0.6) is 5.75 Å².